The maximum Gasteiger partial charge on any atom is 0.416 e. The quantitative estimate of drug-likeness (QED) is 0.225. The lowest BCUT2D eigenvalue weighted by Crippen LogP contribution is -2.37. The van der Waals surface area contributed by atoms with Gasteiger partial charge in [-0.3, -0.25) is 0 Å². The summed E-state index contributed by atoms with van der Waals surface area (Å²) in [7, 11) is -2.73. The highest BCUT2D eigenvalue weighted by Gasteiger charge is 2.47. The van der Waals surface area contributed by atoms with Crippen LogP contribution in [0.25, 0.3) is 0 Å². The minimum Gasteiger partial charge on any atom is -0.166 e. The van der Waals surface area contributed by atoms with E-state index in [1.807, 2.05) is 0 Å². The smallest absolute Gasteiger partial charge is 0.166 e. The fraction of sp³-hybridized carbons (Fsp3) is 0.613. The van der Waals surface area contributed by atoms with E-state index in [0.29, 0.717) is 12.8 Å². The maximum absolute atomic E-state index is 13.9. The van der Waals surface area contributed by atoms with Crippen LogP contribution in [-0.2, 0) is 18.5 Å². The molecule has 1 fully saturated rings. The molecule has 11 heteroatoms. The molecule has 0 aliphatic heterocycles. The zero-order valence-corrected chi connectivity index (χ0v) is 26.9. The Morgan fingerprint density at radius 2 is 1.02 bits per heavy atom. The highest BCUT2D eigenvalue weighted by atomic mass is 31.1. The van der Waals surface area contributed by atoms with Crippen LogP contribution in [0.4, 0.5) is 39.5 Å². The van der Waals surface area contributed by atoms with E-state index in [0.717, 1.165) is 30.7 Å². The van der Waals surface area contributed by atoms with Gasteiger partial charge in [0, 0.05) is 0 Å². The summed E-state index contributed by atoms with van der Waals surface area (Å²) in [6, 6.07) is 4.94. The van der Waals surface area contributed by atoms with Crippen LogP contribution in [0.3, 0.4) is 0 Å². The van der Waals surface area contributed by atoms with E-state index in [9.17, 15) is 39.5 Å². The summed E-state index contributed by atoms with van der Waals surface area (Å²) in [6.45, 7) is 16.4. The van der Waals surface area contributed by atoms with Crippen molar-refractivity contribution in [1.29, 1.82) is 0 Å². The molecule has 1 aliphatic rings. The lowest BCUT2D eigenvalue weighted by molar-refractivity contribution is -0.143. The van der Waals surface area contributed by atoms with Gasteiger partial charge < -0.3 is 0 Å². The molecule has 3 rings (SSSR count). The average Bonchev–Trinajstić information content (AvgIpc) is 3.24. The number of rotatable bonds is 5. The van der Waals surface area contributed by atoms with Gasteiger partial charge in [0.05, 0.1) is 16.7 Å². The Balaban J connectivity index is 2.34. The van der Waals surface area contributed by atoms with E-state index >= 15 is 0 Å². The zero-order chi connectivity index (χ0) is 32.2. The summed E-state index contributed by atoms with van der Waals surface area (Å²) in [4.78, 5) is 0. The first-order valence-corrected chi connectivity index (χ1v) is 16.7. The van der Waals surface area contributed by atoms with E-state index in [1.54, 1.807) is 0 Å². The molecule has 236 valence electrons. The van der Waals surface area contributed by atoms with Gasteiger partial charge in [0.15, 0.2) is 0 Å². The highest BCUT2D eigenvalue weighted by Crippen LogP contribution is 2.67. The van der Waals surface area contributed by atoms with E-state index in [2.05, 4.69) is 48.5 Å². The van der Waals surface area contributed by atoms with Crippen LogP contribution in [0, 0.1) is 12.8 Å². The van der Waals surface area contributed by atoms with Crippen LogP contribution in [0.2, 0.25) is 0 Å². The van der Waals surface area contributed by atoms with Crippen LogP contribution in [0.1, 0.15) is 90.0 Å². The molecule has 0 aromatic heterocycles. The third kappa shape index (κ3) is 8.03. The van der Waals surface area contributed by atoms with Gasteiger partial charge in [0.1, 0.15) is 0 Å². The van der Waals surface area contributed by atoms with Gasteiger partial charge in [-0.1, -0.05) is 68.9 Å². The molecule has 0 amide bonds. The minimum absolute atomic E-state index is 0.0700. The lowest BCUT2D eigenvalue weighted by atomic mass is 10.0. The SMILES string of the molecule is Cc1cc(P(c2cc(C(F)(F)F)cc(C(F)(F)F)c2)C2CCCC2[C@@H](C)P(C(C)(C)C)C(C)(C)C)cc(C(F)(F)F)c1. The Morgan fingerprint density at radius 1 is 0.619 bits per heavy atom. The van der Waals surface area contributed by atoms with E-state index in [-0.39, 0.29) is 49.8 Å². The van der Waals surface area contributed by atoms with Crippen LogP contribution < -0.4 is 10.6 Å². The van der Waals surface area contributed by atoms with Crippen molar-refractivity contribution >= 4 is 26.5 Å². The normalized spacial score (nSPS) is 20.7. The van der Waals surface area contributed by atoms with Crippen molar-refractivity contribution in [2.24, 2.45) is 5.92 Å². The molecule has 0 bridgehead atoms. The number of halogens is 9. The number of hydrogen-bond acceptors (Lipinski definition) is 0. The molecule has 0 N–H and O–H groups in total. The Morgan fingerprint density at radius 3 is 1.43 bits per heavy atom. The zero-order valence-electron chi connectivity index (χ0n) is 25.1. The molecule has 3 unspecified atom stereocenters. The summed E-state index contributed by atoms with van der Waals surface area (Å²) in [5.74, 6) is -0.0700. The summed E-state index contributed by atoms with van der Waals surface area (Å²) >= 11 is 0. The van der Waals surface area contributed by atoms with Crippen LogP contribution in [0.5, 0.6) is 0 Å². The first kappa shape index (κ1) is 35.2. The van der Waals surface area contributed by atoms with Crippen molar-refractivity contribution in [2.75, 3.05) is 0 Å². The largest absolute Gasteiger partial charge is 0.416 e. The Labute approximate surface area is 245 Å². The molecule has 2 aromatic carbocycles. The highest BCUT2D eigenvalue weighted by molar-refractivity contribution is 7.73. The average molecular weight is 645 g/mol. The van der Waals surface area contributed by atoms with Gasteiger partial charge in [-0.2, -0.15) is 39.5 Å². The molecule has 42 heavy (non-hydrogen) atoms. The number of alkyl halides is 9. The Bertz CT molecular complexity index is 1200. The summed E-state index contributed by atoms with van der Waals surface area (Å²) in [5, 5.41) is -0.236. The van der Waals surface area contributed by atoms with Gasteiger partial charge in [-0.25, -0.2) is 0 Å². The van der Waals surface area contributed by atoms with Crippen LogP contribution in [0.15, 0.2) is 36.4 Å². The molecule has 1 aliphatic carbocycles. The van der Waals surface area contributed by atoms with Crippen molar-refractivity contribution in [1.82, 2.24) is 0 Å². The fourth-order valence-corrected chi connectivity index (χ4v) is 15.8. The standard InChI is InChI=1S/C31H39F9P2/c1-18-12-20(29(32,33)34)15-23(13-18)41(24-16-21(30(35,36)37)14-22(17-24)31(38,39)40)26-11-9-10-25(26)19(2)42(27(3,4)5)28(6,7)8/h12-17,19,25-26H,9-11H2,1-8H3/t19-,25?,26?,41?/m1/s1. The van der Waals surface area contributed by atoms with Gasteiger partial charge in [0.25, 0.3) is 0 Å². The van der Waals surface area contributed by atoms with Crippen LogP contribution in [-0.4, -0.2) is 21.6 Å². The topological polar surface area (TPSA) is 0 Å². The molecule has 1 saturated carbocycles. The second-order valence-corrected chi connectivity index (χ2v) is 20.0. The molecule has 0 heterocycles. The fourth-order valence-electron chi connectivity index (χ4n) is 6.95. The van der Waals surface area contributed by atoms with Crippen molar-refractivity contribution in [3.05, 3.63) is 58.7 Å². The summed E-state index contributed by atoms with van der Waals surface area (Å²) < 4.78 is 125. The van der Waals surface area contributed by atoms with Gasteiger partial charge in [0.2, 0.25) is 0 Å². The first-order chi connectivity index (χ1) is 18.8. The summed E-state index contributed by atoms with van der Waals surface area (Å²) in [6.07, 6.45) is -12.9. The molecule has 4 atom stereocenters. The maximum atomic E-state index is 13.9. The Hall–Kier alpha value is -1.33. The Kier molecular flexibility index (Phi) is 9.94. The molecular formula is C31H39F9P2. The van der Waals surface area contributed by atoms with E-state index in [1.165, 1.54) is 13.0 Å². The number of benzene rings is 2. The second kappa shape index (κ2) is 11.9. The van der Waals surface area contributed by atoms with Gasteiger partial charge in [-0.05, 0) is 102 Å². The van der Waals surface area contributed by atoms with E-state index < -0.39 is 51.1 Å². The molecule has 0 nitrogen and oxygen atoms in total. The second-order valence-electron chi connectivity index (χ2n) is 13.3. The molecule has 0 saturated heterocycles. The number of aryl methyl sites for hydroxylation is 1. The van der Waals surface area contributed by atoms with Crippen molar-refractivity contribution < 1.29 is 39.5 Å². The number of hydrogen-bond donors (Lipinski definition) is 0. The van der Waals surface area contributed by atoms with Crippen molar-refractivity contribution in [3.63, 3.8) is 0 Å². The lowest BCUT2D eigenvalue weighted by Gasteiger charge is -2.49. The predicted octanol–water partition coefficient (Wildman–Crippen LogP) is 11.1. The molecule has 2 aromatic rings. The van der Waals surface area contributed by atoms with Crippen molar-refractivity contribution in [3.8, 4) is 0 Å². The molecule has 0 radical (unpaired) electrons. The predicted molar refractivity (Wildman–Crippen MR) is 156 cm³/mol. The molecule has 0 spiro atoms. The van der Waals surface area contributed by atoms with E-state index in [4.69, 9.17) is 0 Å². The molecular weight excluding hydrogens is 605 g/mol. The van der Waals surface area contributed by atoms with Crippen molar-refractivity contribution in [2.45, 2.75) is 115 Å². The summed E-state index contributed by atoms with van der Waals surface area (Å²) in [5.41, 5.74) is -3.89. The third-order valence-electron chi connectivity index (χ3n) is 7.85. The third-order valence-corrected chi connectivity index (χ3v) is 14.9. The minimum atomic E-state index is -5.06. The van der Waals surface area contributed by atoms with Gasteiger partial charge in [-0.15, -0.1) is 0 Å². The first-order valence-electron chi connectivity index (χ1n) is 13.9. The van der Waals surface area contributed by atoms with Crippen LogP contribution >= 0.6 is 15.8 Å². The van der Waals surface area contributed by atoms with Gasteiger partial charge >= 0.3 is 18.5 Å². The monoisotopic (exact) mass is 644 g/mol.